The highest BCUT2D eigenvalue weighted by atomic mass is 16.6. The van der Waals surface area contributed by atoms with Crippen LogP contribution in [0.3, 0.4) is 0 Å². The van der Waals surface area contributed by atoms with Crippen LogP contribution in [0.15, 0.2) is 12.1 Å². The molecule has 0 spiro atoms. The van der Waals surface area contributed by atoms with Crippen LogP contribution in [0.2, 0.25) is 6.32 Å². The maximum absolute atomic E-state index is 12.2. The summed E-state index contributed by atoms with van der Waals surface area (Å²) in [5.74, 6) is -1.82. The third-order valence-electron chi connectivity index (χ3n) is 4.80. The van der Waals surface area contributed by atoms with Gasteiger partial charge in [0.25, 0.3) is 0 Å². The van der Waals surface area contributed by atoms with Crippen molar-refractivity contribution in [1.29, 1.82) is 0 Å². The first-order chi connectivity index (χ1) is 13.6. The van der Waals surface area contributed by atoms with Gasteiger partial charge in [-0.3, -0.25) is 10.5 Å². The summed E-state index contributed by atoms with van der Waals surface area (Å²) in [6.45, 7) is -2.79. The predicted octanol–water partition coefficient (Wildman–Crippen LogP) is -2.89. The number of nitrogens with one attached hydrogen (secondary N) is 1. The van der Waals surface area contributed by atoms with Crippen LogP contribution in [0.4, 0.5) is 4.79 Å². The Morgan fingerprint density at radius 3 is 2.69 bits per heavy atom. The van der Waals surface area contributed by atoms with Crippen molar-refractivity contribution >= 4 is 24.7 Å². The molecule has 0 bridgehead atoms. The molecule has 1 atom stereocenters. The molecule has 2 aliphatic heterocycles. The van der Waals surface area contributed by atoms with Gasteiger partial charge >= 0.3 is 18.8 Å². The van der Waals surface area contributed by atoms with Gasteiger partial charge in [-0.15, -0.1) is 0 Å². The number of aryl methyl sites for hydroxylation is 1. The Morgan fingerprint density at radius 2 is 2.07 bits per heavy atom. The second kappa shape index (κ2) is 7.87. The summed E-state index contributed by atoms with van der Waals surface area (Å²) in [7, 11) is 0. The van der Waals surface area contributed by atoms with Gasteiger partial charge in [0.05, 0.1) is 18.8 Å². The van der Waals surface area contributed by atoms with Crippen LogP contribution in [0.5, 0.6) is 11.5 Å². The number of ether oxygens (including phenoxy) is 1. The van der Waals surface area contributed by atoms with Gasteiger partial charge in [0, 0.05) is 6.54 Å². The number of urea groups is 1. The fourth-order valence-electron chi connectivity index (χ4n) is 3.25. The van der Waals surface area contributed by atoms with Crippen LogP contribution in [-0.2, 0) is 11.2 Å². The van der Waals surface area contributed by atoms with E-state index >= 15 is 0 Å². The number of aromatic carboxylic acids is 1. The van der Waals surface area contributed by atoms with E-state index < -0.39 is 30.9 Å². The number of carboxylic acids is 1. The molecule has 0 aliphatic carbocycles. The monoisotopic (exact) mass is 410 g/mol. The van der Waals surface area contributed by atoms with Crippen LogP contribution in [0, 0.1) is 0 Å². The molecule has 1 fully saturated rings. The molecule has 13 heteroatoms. The molecule has 3 rings (SSSR count). The molecular formula is C16H23BN4O8. The number of carboxylic acid groups (broad SMARTS) is 1. The van der Waals surface area contributed by atoms with E-state index in [1.165, 1.54) is 11.0 Å². The Hall–Kier alpha value is -2.87. The van der Waals surface area contributed by atoms with E-state index in [1.807, 2.05) is 0 Å². The smallest absolute Gasteiger partial charge is 0.430 e. The molecule has 2 heterocycles. The Labute approximate surface area is 165 Å². The van der Waals surface area contributed by atoms with Gasteiger partial charge in [-0.25, -0.2) is 9.59 Å². The molecule has 0 aromatic heterocycles. The first-order valence-electron chi connectivity index (χ1n) is 9.06. The number of rotatable bonds is 6. The van der Waals surface area contributed by atoms with Gasteiger partial charge in [-0.1, -0.05) is 12.4 Å². The van der Waals surface area contributed by atoms with Crippen molar-refractivity contribution in [2.24, 2.45) is 5.73 Å². The van der Waals surface area contributed by atoms with Crippen LogP contribution in [-0.4, -0.2) is 76.5 Å². The number of hydrogen-bond acceptors (Lipinski definition) is 8. The highest BCUT2D eigenvalue weighted by Crippen LogP contribution is 2.38. The molecule has 29 heavy (non-hydrogen) atoms. The Kier molecular flexibility index (Phi) is 5.66. The number of carbonyl (C=O) groups is 3. The minimum absolute atomic E-state index is 0.00969. The average molecular weight is 410 g/mol. The lowest BCUT2D eigenvalue weighted by atomic mass is 9.70. The topological polar surface area (TPSA) is 199 Å². The SMILES string of the molecule is N[C@H](CNC([NH3+])=O)C(=O)N1CC(Oc2ccc3c(c2C(=O)O)O[B-](O)(O)CC3)C1. The summed E-state index contributed by atoms with van der Waals surface area (Å²) < 4.78 is 10.8. The second-order valence-electron chi connectivity index (χ2n) is 7.14. The summed E-state index contributed by atoms with van der Waals surface area (Å²) >= 11 is 0. The maximum Gasteiger partial charge on any atom is 0.430 e. The molecule has 158 valence electrons. The minimum atomic E-state index is -3.12. The van der Waals surface area contributed by atoms with Crippen molar-refractivity contribution < 1.29 is 44.7 Å². The molecule has 0 unspecified atom stereocenters. The van der Waals surface area contributed by atoms with Crippen molar-refractivity contribution in [1.82, 2.24) is 10.2 Å². The Bertz CT molecular complexity index is 842. The summed E-state index contributed by atoms with van der Waals surface area (Å²) in [6, 6.07) is 1.64. The number of quaternary nitrogens is 1. The number of benzene rings is 1. The predicted molar refractivity (Wildman–Crippen MR) is 98.0 cm³/mol. The molecule has 1 saturated heterocycles. The molecule has 1 aromatic carbocycles. The summed E-state index contributed by atoms with van der Waals surface area (Å²) in [5.41, 5.74) is 9.10. The number of amides is 3. The number of nitrogens with two attached hydrogens (primary N) is 1. The number of likely N-dealkylation sites (tertiary alicyclic amines) is 1. The van der Waals surface area contributed by atoms with E-state index in [1.54, 1.807) is 6.07 Å². The van der Waals surface area contributed by atoms with Crippen LogP contribution >= 0.6 is 0 Å². The number of carbonyl (C=O) groups excluding carboxylic acids is 2. The highest BCUT2D eigenvalue weighted by Gasteiger charge is 2.37. The molecule has 0 radical (unpaired) electrons. The first kappa shape index (κ1) is 20.9. The maximum atomic E-state index is 12.2. The van der Waals surface area contributed by atoms with Gasteiger partial charge in [-0.05, 0) is 18.1 Å². The van der Waals surface area contributed by atoms with Crippen molar-refractivity contribution in [2.75, 3.05) is 19.6 Å². The van der Waals surface area contributed by atoms with Crippen LogP contribution in [0.1, 0.15) is 15.9 Å². The summed E-state index contributed by atoms with van der Waals surface area (Å²) in [6.07, 6.45) is -0.233. The van der Waals surface area contributed by atoms with E-state index in [4.69, 9.17) is 15.1 Å². The van der Waals surface area contributed by atoms with Crippen molar-refractivity contribution in [2.45, 2.75) is 24.9 Å². The molecule has 0 saturated carbocycles. The Morgan fingerprint density at radius 1 is 1.38 bits per heavy atom. The van der Waals surface area contributed by atoms with E-state index in [0.717, 1.165) is 0 Å². The molecule has 3 amide bonds. The molecule has 12 nitrogen and oxygen atoms in total. The third-order valence-corrected chi connectivity index (χ3v) is 4.80. The summed E-state index contributed by atoms with van der Waals surface area (Å²) in [4.78, 5) is 36.1. The number of fused-ring (bicyclic) bond motifs is 1. The van der Waals surface area contributed by atoms with Gasteiger partial charge in [0.1, 0.15) is 23.5 Å². The minimum Gasteiger partial charge on any atom is -0.669 e. The lowest BCUT2D eigenvalue weighted by Crippen LogP contribution is -2.66. The lowest BCUT2D eigenvalue weighted by molar-refractivity contribution is -0.250. The number of hydrogen-bond donors (Lipinski definition) is 6. The van der Waals surface area contributed by atoms with Crippen molar-refractivity contribution in [3.05, 3.63) is 23.3 Å². The van der Waals surface area contributed by atoms with Gasteiger partial charge in [-0.2, -0.15) is 0 Å². The second-order valence-corrected chi connectivity index (χ2v) is 7.14. The van der Waals surface area contributed by atoms with Crippen LogP contribution < -0.4 is 26.2 Å². The first-order valence-corrected chi connectivity index (χ1v) is 9.06. The normalized spacial score (nSPS) is 18.7. The zero-order chi connectivity index (χ0) is 21.3. The largest absolute Gasteiger partial charge is 0.669 e. The lowest BCUT2D eigenvalue weighted by Gasteiger charge is -2.41. The van der Waals surface area contributed by atoms with Gasteiger partial charge in [0.15, 0.2) is 0 Å². The van der Waals surface area contributed by atoms with Crippen LogP contribution in [0.25, 0.3) is 0 Å². The molecule has 2 aliphatic rings. The van der Waals surface area contributed by atoms with E-state index in [0.29, 0.717) is 5.56 Å². The molecular weight excluding hydrogens is 387 g/mol. The van der Waals surface area contributed by atoms with Crippen molar-refractivity contribution in [3.63, 3.8) is 0 Å². The quantitative estimate of drug-likeness (QED) is 0.266. The number of nitrogens with zero attached hydrogens (tertiary/aromatic N) is 1. The molecule has 9 N–H and O–H groups in total. The third kappa shape index (κ3) is 4.59. The van der Waals surface area contributed by atoms with Crippen molar-refractivity contribution in [3.8, 4) is 11.5 Å². The fraction of sp³-hybridized carbons (Fsp3) is 0.438. The van der Waals surface area contributed by atoms with Gasteiger partial charge in [0.2, 0.25) is 5.91 Å². The van der Waals surface area contributed by atoms with E-state index in [-0.39, 0.29) is 55.3 Å². The van der Waals surface area contributed by atoms with E-state index in [9.17, 15) is 29.5 Å². The fourth-order valence-corrected chi connectivity index (χ4v) is 3.25. The summed E-state index contributed by atoms with van der Waals surface area (Å²) in [5, 5.41) is 31.5. The zero-order valence-corrected chi connectivity index (χ0v) is 15.5. The standard InChI is InChI=1S/C16H22BN4O8/c18-10(5-20-16(19)25)14(22)21-6-9(7-21)28-11-2-1-8-3-4-17(26,27)29-13(8)12(11)15(23)24/h1-2,9-10,26-27H,3-7,18H2,(H,23,24)(H3,19,20,25)/q-1/p+1/t10-/m1/s1. The zero-order valence-electron chi connectivity index (χ0n) is 15.5. The van der Waals surface area contributed by atoms with E-state index in [2.05, 4.69) is 11.1 Å². The molecule has 1 aromatic rings. The highest BCUT2D eigenvalue weighted by molar-refractivity contribution is 6.59. The van der Waals surface area contributed by atoms with Gasteiger partial charge < -0.3 is 40.5 Å². The Balaban J connectivity index is 1.66. The average Bonchev–Trinajstić information content (AvgIpc) is 2.60.